The number of carbonyl (C=O) groups excluding carboxylic acids is 2. The maximum atomic E-state index is 12.7. The van der Waals surface area contributed by atoms with E-state index in [-0.39, 0.29) is 5.91 Å². The second-order valence-electron chi connectivity index (χ2n) is 7.35. The Morgan fingerprint density at radius 3 is 2.85 bits per heavy atom. The number of fused-ring (bicyclic) bond motifs is 3. The number of nitrogens with one attached hydrogen (secondary N) is 1. The number of carbonyl (C=O) groups is 2. The molecule has 1 aliphatic heterocycles. The molecule has 3 rings (SSSR count). The monoisotopic (exact) mass is 354 g/mol. The number of amides is 2. The summed E-state index contributed by atoms with van der Waals surface area (Å²) in [5, 5.41) is 11.7. The van der Waals surface area contributed by atoms with Crippen LogP contribution in [0.15, 0.2) is 24.4 Å². The molecule has 3 heterocycles. The van der Waals surface area contributed by atoms with E-state index in [0.717, 1.165) is 11.1 Å². The van der Waals surface area contributed by atoms with Crippen molar-refractivity contribution in [3.8, 4) is 6.07 Å². The smallest absolute Gasteiger partial charge is 0.407 e. The fraction of sp³-hybridized carbons (Fsp3) is 0.421. The molecule has 7 nitrogen and oxygen atoms in total. The summed E-state index contributed by atoms with van der Waals surface area (Å²) in [4.78, 5) is 26.1. The van der Waals surface area contributed by atoms with Crippen molar-refractivity contribution in [2.45, 2.75) is 39.3 Å². The van der Waals surface area contributed by atoms with E-state index in [1.807, 2.05) is 31.2 Å². The van der Waals surface area contributed by atoms with Crippen LogP contribution >= 0.6 is 0 Å². The molecule has 0 aromatic carbocycles. The van der Waals surface area contributed by atoms with Crippen molar-refractivity contribution in [2.24, 2.45) is 0 Å². The van der Waals surface area contributed by atoms with Gasteiger partial charge in [-0.2, -0.15) is 5.26 Å². The second kappa shape index (κ2) is 6.71. The molecule has 2 aromatic rings. The quantitative estimate of drug-likeness (QED) is 0.855. The highest BCUT2D eigenvalue weighted by atomic mass is 16.6. The van der Waals surface area contributed by atoms with Crippen LogP contribution < -0.4 is 5.32 Å². The number of ether oxygens (including phenoxy) is 1. The Bertz CT molecular complexity index is 902. The predicted molar refractivity (Wildman–Crippen MR) is 95.7 cm³/mol. The molecule has 0 aliphatic carbocycles. The Morgan fingerprint density at radius 1 is 1.38 bits per heavy atom. The molecule has 1 aliphatic rings. The van der Waals surface area contributed by atoms with Crippen LogP contribution in [0, 0.1) is 11.3 Å². The Labute approximate surface area is 152 Å². The van der Waals surface area contributed by atoms with Gasteiger partial charge in [-0.25, -0.2) is 4.79 Å². The van der Waals surface area contributed by atoms with Crippen LogP contribution in [0.5, 0.6) is 0 Å². The summed E-state index contributed by atoms with van der Waals surface area (Å²) in [6, 6.07) is 7.54. The zero-order valence-electron chi connectivity index (χ0n) is 15.2. The predicted octanol–water partition coefficient (Wildman–Crippen LogP) is 2.68. The Morgan fingerprint density at radius 2 is 2.15 bits per heavy atom. The van der Waals surface area contributed by atoms with Gasteiger partial charge in [-0.1, -0.05) is 0 Å². The highest BCUT2D eigenvalue weighted by molar-refractivity contribution is 5.98. The number of nitrogens with zero attached hydrogens (tertiary/aromatic N) is 3. The van der Waals surface area contributed by atoms with E-state index in [9.17, 15) is 9.59 Å². The highest BCUT2D eigenvalue weighted by Gasteiger charge is 2.30. The van der Waals surface area contributed by atoms with Crippen LogP contribution in [0.4, 0.5) is 4.79 Å². The van der Waals surface area contributed by atoms with Crippen LogP contribution in [0.25, 0.3) is 5.52 Å². The van der Waals surface area contributed by atoms with Crippen LogP contribution in [0.2, 0.25) is 0 Å². The van der Waals surface area contributed by atoms with Crippen molar-refractivity contribution in [2.75, 3.05) is 13.1 Å². The van der Waals surface area contributed by atoms with E-state index in [0.29, 0.717) is 37.3 Å². The van der Waals surface area contributed by atoms with Gasteiger partial charge in [0, 0.05) is 36.9 Å². The van der Waals surface area contributed by atoms with Crippen molar-refractivity contribution in [3.63, 3.8) is 0 Å². The van der Waals surface area contributed by atoms with Crippen molar-refractivity contribution in [1.29, 1.82) is 5.26 Å². The maximum absolute atomic E-state index is 12.7. The third-order valence-electron chi connectivity index (χ3n) is 4.11. The van der Waals surface area contributed by atoms with Crippen LogP contribution in [0.1, 0.15) is 48.8 Å². The molecule has 0 radical (unpaired) electrons. The van der Waals surface area contributed by atoms with E-state index < -0.39 is 11.7 Å². The average Bonchev–Trinajstić information content (AvgIpc) is 3.05. The van der Waals surface area contributed by atoms with Gasteiger partial charge in [-0.3, -0.25) is 4.79 Å². The number of pyridine rings is 1. The molecule has 2 aromatic heterocycles. The summed E-state index contributed by atoms with van der Waals surface area (Å²) in [6.07, 6.45) is 1.96. The van der Waals surface area contributed by atoms with E-state index in [1.54, 1.807) is 23.2 Å². The van der Waals surface area contributed by atoms with Gasteiger partial charge in [0.15, 0.2) is 0 Å². The minimum atomic E-state index is -0.522. The lowest BCUT2D eigenvalue weighted by atomic mass is 10.2. The van der Waals surface area contributed by atoms with Gasteiger partial charge in [0.05, 0.1) is 11.6 Å². The van der Waals surface area contributed by atoms with Gasteiger partial charge in [-0.05, 0) is 45.4 Å². The SMILES string of the molecule is CC(C)(C)OC(=O)NCCCN1Cc2cc3cc(C#N)ccn3c2C1=O. The lowest BCUT2D eigenvalue weighted by Crippen LogP contribution is -2.34. The van der Waals surface area contributed by atoms with E-state index in [2.05, 4.69) is 11.4 Å². The molecule has 0 unspecified atom stereocenters. The zero-order chi connectivity index (χ0) is 18.9. The summed E-state index contributed by atoms with van der Waals surface area (Å²) in [7, 11) is 0. The fourth-order valence-corrected chi connectivity index (χ4v) is 3.05. The molecule has 0 atom stereocenters. The molecule has 0 saturated heterocycles. The number of aromatic nitrogens is 1. The van der Waals surface area contributed by atoms with Gasteiger partial charge >= 0.3 is 6.09 Å². The van der Waals surface area contributed by atoms with Gasteiger partial charge in [-0.15, -0.1) is 0 Å². The second-order valence-corrected chi connectivity index (χ2v) is 7.35. The molecule has 0 saturated carbocycles. The fourth-order valence-electron chi connectivity index (χ4n) is 3.05. The molecule has 0 fully saturated rings. The third kappa shape index (κ3) is 3.64. The third-order valence-corrected chi connectivity index (χ3v) is 4.11. The van der Waals surface area contributed by atoms with Crippen molar-refractivity contribution < 1.29 is 14.3 Å². The van der Waals surface area contributed by atoms with Gasteiger partial charge in [0.25, 0.3) is 5.91 Å². The molecule has 26 heavy (non-hydrogen) atoms. The first kappa shape index (κ1) is 17.8. The largest absolute Gasteiger partial charge is 0.444 e. The highest BCUT2D eigenvalue weighted by Crippen LogP contribution is 2.27. The Kier molecular flexibility index (Phi) is 4.60. The zero-order valence-corrected chi connectivity index (χ0v) is 15.2. The van der Waals surface area contributed by atoms with Gasteiger partial charge < -0.3 is 19.4 Å². The summed E-state index contributed by atoms with van der Waals surface area (Å²) in [5.41, 5.74) is 2.53. The topological polar surface area (TPSA) is 86.8 Å². The first-order chi connectivity index (χ1) is 12.3. The summed E-state index contributed by atoms with van der Waals surface area (Å²) in [6.45, 7) is 6.99. The summed E-state index contributed by atoms with van der Waals surface area (Å²) in [5.74, 6) is -0.0259. The molecule has 0 spiro atoms. The number of rotatable bonds is 4. The Hall–Kier alpha value is -3.01. The minimum Gasteiger partial charge on any atom is -0.444 e. The normalized spacial score (nSPS) is 13.6. The Balaban J connectivity index is 1.56. The molecule has 7 heteroatoms. The number of hydrogen-bond acceptors (Lipinski definition) is 4. The molecule has 2 amide bonds. The molecule has 0 bridgehead atoms. The van der Waals surface area contributed by atoms with E-state index in [4.69, 9.17) is 10.00 Å². The maximum Gasteiger partial charge on any atom is 0.407 e. The molecule has 136 valence electrons. The van der Waals surface area contributed by atoms with Crippen LogP contribution in [-0.2, 0) is 11.3 Å². The first-order valence-corrected chi connectivity index (χ1v) is 8.59. The standard InChI is InChI=1S/C19H22N4O3/c1-19(2,3)26-18(25)21-6-4-7-22-12-14-10-15-9-13(11-20)5-8-23(15)16(14)17(22)24/h5,8-10H,4,6-7,12H2,1-3H3,(H,21,25). The number of nitriles is 1. The first-order valence-electron chi connectivity index (χ1n) is 8.59. The number of hydrogen-bond donors (Lipinski definition) is 1. The summed E-state index contributed by atoms with van der Waals surface area (Å²) < 4.78 is 7.01. The van der Waals surface area contributed by atoms with Crippen molar-refractivity contribution in [1.82, 2.24) is 14.6 Å². The summed E-state index contributed by atoms with van der Waals surface area (Å²) >= 11 is 0. The van der Waals surface area contributed by atoms with E-state index in [1.165, 1.54) is 0 Å². The average molecular weight is 354 g/mol. The van der Waals surface area contributed by atoms with Crippen LogP contribution in [-0.4, -0.2) is 40.0 Å². The van der Waals surface area contributed by atoms with E-state index >= 15 is 0 Å². The molecule has 1 N–H and O–H groups in total. The van der Waals surface area contributed by atoms with Crippen molar-refractivity contribution >= 4 is 17.5 Å². The van der Waals surface area contributed by atoms with Crippen LogP contribution in [0.3, 0.4) is 0 Å². The molecular formula is C19H22N4O3. The molecular weight excluding hydrogens is 332 g/mol. The lowest BCUT2D eigenvalue weighted by Gasteiger charge is -2.20. The lowest BCUT2D eigenvalue weighted by molar-refractivity contribution is 0.0526. The van der Waals surface area contributed by atoms with Gasteiger partial charge in [0.2, 0.25) is 0 Å². The van der Waals surface area contributed by atoms with Gasteiger partial charge in [0.1, 0.15) is 11.3 Å². The number of alkyl carbamates (subject to hydrolysis) is 1. The minimum absolute atomic E-state index is 0.0259. The van der Waals surface area contributed by atoms with Crippen molar-refractivity contribution in [3.05, 3.63) is 41.2 Å².